The average Bonchev–Trinajstić information content (AvgIpc) is 2.13. The van der Waals surface area contributed by atoms with Crippen molar-refractivity contribution in [2.24, 2.45) is 10.2 Å². The van der Waals surface area contributed by atoms with Gasteiger partial charge in [-0.3, -0.25) is 10.2 Å². The van der Waals surface area contributed by atoms with E-state index in [1.807, 2.05) is 0 Å². The Morgan fingerprint density at radius 1 is 1.78 bits per heavy atom. The van der Waals surface area contributed by atoms with E-state index < -0.39 is 0 Å². The highest BCUT2D eigenvalue weighted by Crippen LogP contribution is 2.05. The van der Waals surface area contributed by atoms with Crippen LogP contribution in [0.5, 0.6) is 0 Å². The number of azo groups is 1. The quantitative estimate of drug-likeness (QED) is 0.482. The highest BCUT2D eigenvalue weighted by Gasteiger charge is 2.21. The number of nitrogens with zero attached hydrogens (tertiary/aromatic N) is 2. The molecule has 9 heavy (non-hydrogen) atoms. The van der Waals surface area contributed by atoms with Gasteiger partial charge in [0.05, 0.1) is 11.3 Å². The van der Waals surface area contributed by atoms with Gasteiger partial charge in [0.1, 0.15) is 5.57 Å². The van der Waals surface area contributed by atoms with Crippen LogP contribution in [0.1, 0.15) is 6.92 Å². The smallest absolute Gasteiger partial charge is 0.294 e. The molecule has 4 heteroatoms. The molecule has 0 saturated heterocycles. The number of amidine groups is 1. The minimum Gasteiger partial charge on any atom is -0.294 e. The number of nitrogens with two attached hydrogens (primary N) is 1. The zero-order valence-electron chi connectivity index (χ0n) is 4.96. The van der Waals surface area contributed by atoms with Crippen molar-refractivity contribution in [3.8, 4) is 0 Å². The second-order valence-electron chi connectivity index (χ2n) is 1.70. The maximum absolute atomic E-state index is 10.6. The first-order chi connectivity index (χ1) is 4.22. The van der Waals surface area contributed by atoms with Gasteiger partial charge in [-0.1, -0.05) is 0 Å². The Morgan fingerprint density at radius 2 is 2.44 bits per heavy atom. The van der Waals surface area contributed by atoms with E-state index in [0.717, 1.165) is 0 Å². The van der Waals surface area contributed by atoms with Crippen LogP contribution in [0.2, 0.25) is 0 Å². The van der Waals surface area contributed by atoms with Gasteiger partial charge in [-0.2, -0.15) is 0 Å². The summed E-state index contributed by atoms with van der Waals surface area (Å²) in [7, 11) is 0. The molecule has 0 aromatic carbocycles. The van der Waals surface area contributed by atoms with Gasteiger partial charge >= 0.3 is 5.84 Å². The molecule has 0 aromatic rings. The fourth-order valence-electron chi connectivity index (χ4n) is 0.540. The van der Waals surface area contributed by atoms with Crippen LogP contribution < -0.4 is 5.41 Å². The van der Waals surface area contributed by atoms with Crippen molar-refractivity contribution < 1.29 is 10.2 Å². The van der Waals surface area contributed by atoms with Crippen LogP contribution >= 0.6 is 0 Å². The Kier molecular flexibility index (Phi) is 1.22. The van der Waals surface area contributed by atoms with Gasteiger partial charge in [0.15, 0.2) is 5.78 Å². The van der Waals surface area contributed by atoms with Gasteiger partial charge in [0.25, 0.3) is 0 Å². The van der Waals surface area contributed by atoms with Crippen molar-refractivity contribution in [2.45, 2.75) is 6.92 Å². The molecule has 0 unspecified atom stereocenters. The maximum Gasteiger partial charge on any atom is 0.354 e. The molecule has 0 fully saturated rings. The number of carbonyl (C=O) groups excluding carboxylic acids is 1. The van der Waals surface area contributed by atoms with E-state index >= 15 is 0 Å². The standard InChI is InChI=1S/C5H5N3O/c1-3(9)4-2-7-8-5(4)6/h2,6H,1H3/p+1. The molecule has 46 valence electrons. The molecule has 1 rings (SSSR count). The fourth-order valence-corrected chi connectivity index (χ4v) is 0.540. The molecule has 0 spiro atoms. The summed E-state index contributed by atoms with van der Waals surface area (Å²) in [5.41, 5.74) is 0.398. The summed E-state index contributed by atoms with van der Waals surface area (Å²) in [4.78, 5) is 10.6. The van der Waals surface area contributed by atoms with E-state index in [0.29, 0.717) is 5.57 Å². The number of ketones is 1. The number of carbonyl (C=O) groups is 1. The molecule has 0 saturated carbocycles. The lowest BCUT2D eigenvalue weighted by Gasteiger charge is -1.81. The first-order valence-electron chi connectivity index (χ1n) is 2.46. The van der Waals surface area contributed by atoms with Crippen molar-refractivity contribution in [3.63, 3.8) is 0 Å². The highest BCUT2D eigenvalue weighted by atomic mass is 16.1. The van der Waals surface area contributed by atoms with Gasteiger partial charge in [-0.15, -0.1) is 0 Å². The molecule has 2 N–H and O–H groups in total. The second kappa shape index (κ2) is 1.89. The maximum atomic E-state index is 10.6. The van der Waals surface area contributed by atoms with Crippen molar-refractivity contribution in [1.29, 1.82) is 0 Å². The lowest BCUT2D eigenvalue weighted by molar-refractivity contribution is -0.119. The molecular weight excluding hydrogens is 118 g/mol. The van der Waals surface area contributed by atoms with E-state index in [9.17, 15) is 4.79 Å². The second-order valence-corrected chi connectivity index (χ2v) is 1.70. The third-order valence-corrected chi connectivity index (χ3v) is 1.01. The van der Waals surface area contributed by atoms with E-state index in [-0.39, 0.29) is 11.6 Å². The van der Waals surface area contributed by atoms with Gasteiger partial charge in [-0.25, -0.2) is 0 Å². The van der Waals surface area contributed by atoms with Crippen LogP contribution in [0, 0.1) is 0 Å². The van der Waals surface area contributed by atoms with Crippen LogP contribution in [0.15, 0.2) is 22.0 Å². The number of hydrogen-bond donors (Lipinski definition) is 1. The van der Waals surface area contributed by atoms with E-state index in [4.69, 9.17) is 5.41 Å². The first-order valence-corrected chi connectivity index (χ1v) is 2.46. The van der Waals surface area contributed by atoms with Crippen molar-refractivity contribution in [3.05, 3.63) is 11.8 Å². The predicted octanol–water partition coefficient (Wildman–Crippen LogP) is -0.917. The summed E-state index contributed by atoms with van der Waals surface area (Å²) in [5, 5.41) is 12.1. The Bertz CT molecular complexity index is 226. The number of rotatable bonds is 1. The lowest BCUT2D eigenvalue weighted by Crippen LogP contribution is -2.39. The molecule has 1 aliphatic heterocycles. The molecular formula is C5H6N3O+. The molecule has 1 heterocycles. The summed E-state index contributed by atoms with van der Waals surface area (Å²) in [6.45, 7) is 1.43. The molecule has 0 radical (unpaired) electrons. The van der Waals surface area contributed by atoms with Gasteiger partial charge < -0.3 is 0 Å². The largest absolute Gasteiger partial charge is 0.354 e. The minimum absolute atomic E-state index is 0.0995. The van der Waals surface area contributed by atoms with Crippen molar-refractivity contribution >= 4 is 11.6 Å². The minimum atomic E-state index is -0.0995. The van der Waals surface area contributed by atoms with E-state index in [1.165, 1.54) is 13.1 Å². The zero-order valence-corrected chi connectivity index (χ0v) is 4.96. The van der Waals surface area contributed by atoms with E-state index in [2.05, 4.69) is 10.2 Å². The normalized spacial score (nSPS) is 16.1. The van der Waals surface area contributed by atoms with Crippen LogP contribution in [0.25, 0.3) is 0 Å². The average molecular weight is 124 g/mol. The first kappa shape index (κ1) is 5.81. The Labute approximate surface area is 51.8 Å². The van der Waals surface area contributed by atoms with Crippen molar-refractivity contribution in [1.82, 2.24) is 0 Å². The Balaban J connectivity index is 2.88. The molecule has 4 nitrogen and oxygen atoms in total. The van der Waals surface area contributed by atoms with Crippen LogP contribution in [0.3, 0.4) is 0 Å². The Morgan fingerprint density at radius 3 is 2.67 bits per heavy atom. The van der Waals surface area contributed by atoms with Crippen molar-refractivity contribution in [2.75, 3.05) is 0 Å². The third kappa shape index (κ3) is 0.910. The third-order valence-electron chi connectivity index (χ3n) is 1.01. The van der Waals surface area contributed by atoms with Crippen LogP contribution in [-0.2, 0) is 4.79 Å². The van der Waals surface area contributed by atoms with Crippen LogP contribution in [-0.4, -0.2) is 11.6 Å². The van der Waals surface area contributed by atoms with E-state index in [1.54, 1.807) is 0 Å². The SMILES string of the molecule is CC(=O)C1=CN=NC1=[NH2+]. The molecule has 0 aliphatic carbocycles. The van der Waals surface area contributed by atoms with Gasteiger partial charge in [-0.05, 0) is 12.0 Å². The molecule has 0 aromatic heterocycles. The summed E-state index contributed by atoms with van der Waals surface area (Å²) >= 11 is 0. The van der Waals surface area contributed by atoms with Crippen LogP contribution in [0.4, 0.5) is 0 Å². The van der Waals surface area contributed by atoms with Gasteiger partial charge in [0.2, 0.25) is 0 Å². The summed E-state index contributed by atoms with van der Waals surface area (Å²) in [6.07, 6.45) is 1.36. The predicted molar refractivity (Wildman–Crippen MR) is 30.6 cm³/mol. The number of Topliss-reactive ketones (excluding diaryl/α,β-unsaturated/α-hetero) is 1. The highest BCUT2D eigenvalue weighted by molar-refractivity contribution is 6.19. The monoisotopic (exact) mass is 124 g/mol. The summed E-state index contributed by atoms with van der Waals surface area (Å²) in [6, 6.07) is 0. The molecule has 0 amide bonds. The Hall–Kier alpha value is -1.32. The molecule has 0 bridgehead atoms. The molecule has 0 atom stereocenters. The van der Waals surface area contributed by atoms with Gasteiger partial charge in [0, 0.05) is 0 Å². The fraction of sp³-hybridized carbons (Fsp3) is 0.200. The zero-order chi connectivity index (χ0) is 6.85. The summed E-state index contributed by atoms with van der Waals surface area (Å²) < 4.78 is 0. The summed E-state index contributed by atoms with van der Waals surface area (Å²) in [5.74, 6) is 0.111. The lowest BCUT2D eigenvalue weighted by atomic mass is 10.2. The molecule has 1 aliphatic rings. The topological polar surface area (TPSA) is 67.4 Å². The number of hydrogen-bond acceptors (Lipinski definition) is 2.